The highest BCUT2D eigenvalue weighted by Gasteiger charge is 2.39. The van der Waals surface area contributed by atoms with Crippen molar-refractivity contribution < 1.29 is 18.0 Å². The Bertz CT molecular complexity index is 622. The van der Waals surface area contributed by atoms with Crippen LogP contribution in [0, 0.1) is 5.92 Å². The van der Waals surface area contributed by atoms with Crippen molar-refractivity contribution in [3.05, 3.63) is 22.3 Å². The van der Waals surface area contributed by atoms with E-state index in [2.05, 4.69) is 20.9 Å². The highest BCUT2D eigenvalue weighted by molar-refractivity contribution is 9.10. The number of anilines is 1. The zero-order chi connectivity index (χ0) is 17.3. The van der Waals surface area contributed by atoms with Gasteiger partial charge in [-0.05, 0) is 28.4 Å². The molecule has 1 amide bonds. The predicted molar refractivity (Wildman–Crippen MR) is 91.2 cm³/mol. The van der Waals surface area contributed by atoms with Crippen LogP contribution < -0.4 is 4.90 Å². The Balaban J connectivity index is 1.75. The van der Waals surface area contributed by atoms with Gasteiger partial charge in [0.25, 0.3) is 0 Å². The topological polar surface area (TPSA) is 36.4 Å². The van der Waals surface area contributed by atoms with Crippen molar-refractivity contribution in [2.45, 2.75) is 12.6 Å². The molecule has 2 fully saturated rings. The summed E-state index contributed by atoms with van der Waals surface area (Å²) in [6, 6.07) is 1.04. The molecule has 3 heterocycles. The van der Waals surface area contributed by atoms with E-state index in [9.17, 15) is 18.0 Å². The lowest BCUT2D eigenvalue weighted by atomic mass is 10.1. The molecule has 2 saturated heterocycles. The van der Waals surface area contributed by atoms with E-state index in [1.807, 2.05) is 16.7 Å². The summed E-state index contributed by atoms with van der Waals surface area (Å²) >= 11 is 4.86. The summed E-state index contributed by atoms with van der Waals surface area (Å²) in [5.41, 5.74) is -0.764. The van der Waals surface area contributed by atoms with Crippen LogP contribution in [0.25, 0.3) is 0 Å². The molecule has 0 aliphatic carbocycles. The van der Waals surface area contributed by atoms with Gasteiger partial charge in [-0.2, -0.15) is 24.9 Å². The third kappa shape index (κ3) is 3.82. The van der Waals surface area contributed by atoms with Crippen molar-refractivity contribution in [1.82, 2.24) is 9.88 Å². The molecule has 24 heavy (non-hydrogen) atoms. The Morgan fingerprint density at radius 3 is 2.67 bits per heavy atom. The number of thioether (sulfide) groups is 1. The Kier molecular flexibility index (Phi) is 5.29. The van der Waals surface area contributed by atoms with Crippen molar-refractivity contribution in [2.75, 3.05) is 42.6 Å². The molecule has 4 nitrogen and oxygen atoms in total. The van der Waals surface area contributed by atoms with E-state index in [0.29, 0.717) is 19.5 Å². The van der Waals surface area contributed by atoms with Crippen LogP contribution in [0.15, 0.2) is 16.7 Å². The first-order valence-electron chi connectivity index (χ1n) is 7.70. The molecule has 1 atom stereocenters. The SMILES string of the molecule is O=C(C1CCN(c2ncc(Br)cc2C(F)(F)F)C1)N1CCSCC1. The highest BCUT2D eigenvalue weighted by Crippen LogP contribution is 2.38. The van der Waals surface area contributed by atoms with Gasteiger partial charge in [0.15, 0.2) is 0 Å². The minimum Gasteiger partial charge on any atom is -0.355 e. The van der Waals surface area contributed by atoms with E-state index in [0.717, 1.165) is 30.7 Å². The molecule has 132 valence electrons. The Morgan fingerprint density at radius 1 is 1.29 bits per heavy atom. The third-order valence-electron chi connectivity index (χ3n) is 4.30. The number of halogens is 4. The smallest absolute Gasteiger partial charge is 0.355 e. The molecule has 0 N–H and O–H groups in total. The molecule has 0 spiro atoms. The number of carbonyl (C=O) groups is 1. The van der Waals surface area contributed by atoms with Crippen molar-refractivity contribution in [2.24, 2.45) is 5.92 Å². The van der Waals surface area contributed by atoms with E-state index < -0.39 is 11.7 Å². The predicted octanol–water partition coefficient (Wildman–Crippen LogP) is 3.26. The summed E-state index contributed by atoms with van der Waals surface area (Å²) in [4.78, 5) is 19.9. The summed E-state index contributed by atoms with van der Waals surface area (Å²) in [6.07, 6.45) is -2.54. The summed E-state index contributed by atoms with van der Waals surface area (Å²) in [5.74, 6) is 1.57. The molecule has 0 radical (unpaired) electrons. The number of pyridine rings is 1. The molecule has 1 aromatic rings. The van der Waals surface area contributed by atoms with Gasteiger partial charge in [0, 0.05) is 48.4 Å². The van der Waals surface area contributed by atoms with E-state index in [4.69, 9.17) is 0 Å². The van der Waals surface area contributed by atoms with Crippen molar-refractivity contribution in [1.29, 1.82) is 0 Å². The number of rotatable bonds is 2. The Morgan fingerprint density at radius 2 is 2.00 bits per heavy atom. The Hall–Kier alpha value is -0.960. The molecule has 0 saturated carbocycles. The van der Waals surface area contributed by atoms with Gasteiger partial charge in [-0.1, -0.05) is 0 Å². The molecule has 2 aliphatic heterocycles. The highest BCUT2D eigenvalue weighted by atomic mass is 79.9. The average molecular weight is 424 g/mol. The quantitative estimate of drug-likeness (QED) is 0.731. The summed E-state index contributed by atoms with van der Waals surface area (Å²) < 4.78 is 40.1. The van der Waals surface area contributed by atoms with Gasteiger partial charge < -0.3 is 9.80 Å². The van der Waals surface area contributed by atoms with Gasteiger partial charge in [-0.15, -0.1) is 0 Å². The van der Waals surface area contributed by atoms with Crippen LogP contribution in [0.1, 0.15) is 12.0 Å². The normalized spacial score (nSPS) is 22.1. The number of aromatic nitrogens is 1. The van der Waals surface area contributed by atoms with E-state index >= 15 is 0 Å². The number of carbonyl (C=O) groups excluding carboxylic acids is 1. The van der Waals surface area contributed by atoms with Crippen LogP contribution in [0.3, 0.4) is 0 Å². The second-order valence-electron chi connectivity index (χ2n) is 5.89. The average Bonchev–Trinajstić information content (AvgIpc) is 3.04. The van der Waals surface area contributed by atoms with Crippen LogP contribution in [0.5, 0.6) is 0 Å². The Labute approximate surface area is 150 Å². The first-order chi connectivity index (χ1) is 11.4. The van der Waals surface area contributed by atoms with E-state index in [1.165, 1.54) is 6.20 Å². The fraction of sp³-hybridized carbons (Fsp3) is 0.600. The van der Waals surface area contributed by atoms with Gasteiger partial charge in [0.2, 0.25) is 5.91 Å². The van der Waals surface area contributed by atoms with Crippen LogP contribution in [0.4, 0.5) is 19.0 Å². The third-order valence-corrected chi connectivity index (χ3v) is 5.67. The largest absolute Gasteiger partial charge is 0.419 e. The second-order valence-corrected chi connectivity index (χ2v) is 8.03. The van der Waals surface area contributed by atoms with E-state index in [-0.39, 0.29) is 22.1 Å². The molecular formula is C15H17BrF3N3OS. The minimum absolute atomic E-state index is 0.0588. The zero-order valence-corrected chi connectivity index (χ0v) is 15.3. The lowest BCUT2D eigenvalue weighted by Gasteiger charge is -2.29. The lowest BCUT2D eigenvalue weighted by molar-refractivity contribution is -0.137. The minimum atomic E-state index is -4.47. The molecule has 9 heteroatoms. The molecule has 1 aromatic heterocycles. The number of alkyl halides is 3. The maximum atomic E-state index is 13.3. The number of nitrogens with zero attached hydrogens (tertiary/aromatic N) is 3. The van der Waals surface area contributed by atoms with Gasteiger partial charge in [-0.3, -0.25) is 4.79 Å². The monoisotopic (exact) mass is 423 g/mol. The van der Waals surface area contributed by atoms with Crippen LogP contribution in [-0.4, -0.2) is 53.5 Å². The molecule has 3 rings (SSSR count). The maximum absolute atomic E-state index is 13.3. The lowest BCUT2D eigenvalue weighted by Crippen LogP contribution is -2.42. The fourth-order valence-corrected chi connectivity index (χ4v) is 4.32. The van der Waals surface area contributed by atoms with Crippen molar-refractivity contribution in [3.63, 3.8) is 0 Å². The van der Waals surface area contributed by atoms with Gasteiger partial charge in [0.1, 0.15) is 5.82 Å². The van der Waals surface area contributed by atoms with Crippen molar-refractivity contribution >= 4 is 39.4 Å². The molecule has 0 aromatic carbocycles. The number of hydrogen-bond acceptors (Lipinski definition) is 4. The van der Waals surface area contributed by atoms with Crippen LogP contribution in [0.2, 0.25) is 0 Å². The van der Waals surface area contributed by atoms with Crippen LogP contribution in [-0.2, 0) is 11.0 Å². The van der Waals surface area contributed by atoms with Gasteiger partial charge in [-0.25, -0.2) is 4.98 Å². The standard InChI is InChI=1S/C15H17BrF3N3OS/c16-11-7-12(15(17,18)19)13(20-8-11)22-2-1-10(9-22)14(23)21-3-5-24-6-4-21/h7-8,10H,1-6,9H2. The number of amides is 1. The first-order valence-corrected chi connectivity index (χ1v) is 9.65. The molecule has 0 bridgehead atoms. The number of hydrogen-bond donors (Lipinski definition) is 0. The van der Waals surface area contributed by atoms with Crippen molar-refractivity contribution in [3.8, 4) is 0 Å². The first kappa shape index (κ1) is 17.8. The molecule has 1 unspecified atom stereocenters. The fourth-order valence-electron chi connectivity index (χ4n) is 3.09. The van der Waals surface area contributed by atoms with Gasteiger partial charge in [0.05, 0.1) is 11.5 Å². The molecule has 2 aliphatic rings. The van der Waals surface area contributed by atoms with E-state index in [1.54, 1.807) is 4.90 Å². The summed E-state index contributed by atoms with van der Waals surface area (Å²) in [6.45, 7) is 2.16. The molecular weight excluding hydrogens is 407 g/mol. The van der Waals surface area contributed by atoms with Gasteiger partial charge >= 0.3 is 6.18 Å². The summed E-state index contributed by atoms with van der Waals surface area (Å²) in [7, 11) is 0. The zero-order valence-electron chi connectivity index (χ0n) is 12.9. The maximum Gasteiger partial charge on any atom is 0.419 e. The summed E-state index contributed by atoms with van der Waals surface area (Å²) in [5, 5.41) is 0. The second kappa shape index (κ2) is 7.11. The van der Waals surface area contributed by atoms with Crippen LogP contribution >= 0.6 is 27.7 Å².